The number of aromatic nitrogens is 3. The van der Waals surface area contributed by atoms with E-state index < -0.39 is 36.0 Å². The maximum absolute atomic E-state index is 10.9. The second-order valence-electron chi connectivity index (χ2n) is 4.04. The number of rotatable bonds is 4. The van der Waals surface area contributed by atoms with Gasteiger partial charge in [-0.25, -0.2) is 4.98 Å². The quantitative estimate of drug-likeness (QED) is 0.264. The van der Waals surface area contributed by atoms with Crippen molar-refractivity contribution in [2.75, 3.05) is 6.54 Å². The number of hydrogen-bond donors (Lipinski definition) is 4. The molecule has 0 aliphatic carbocycles. The Balaban J connectivity index is 2.28. The third-order valence-electron chi connectivity index (χ3n) is 2.78. The first kappa shape index (κ1) is 14.2. The van der Waals surface area contributed by atoms with Crippen LogP contribution in [-0.4, -0.2) is 60.8 Å². The highest BCUT2D eigenvalue weighted by Gasteiger charge is 2.55. The molecule has 12 heteroatoms. The van der Waals surface area contributed by atoms with Crippen molar-refractivity contribution in [3.05, 3.63) is 22.6 Å². The fourth-order valence-corrected chi connectivity index (χ4v) is 1.77. The Hall–Kier alpha value is -2.24. The highest BCUT2D eigenvalue weighted by atomic mass is 16.7. The molecule has 0 radical (unpaired) electrons. The number of azide groups is 1. The SMILES string of the molecule is [N-]=[N+]=NC[C@H]1O[C@@](O)(n2cnc(C(N)=O)n2)[C@H](O)[C@@H]1O. The first-order valence-corrected chi connectivity index (χ1v) is 5.39. The number of hydrogen-bond acceptors (Lipinski definition) is 8. The van der Waals surface area contributed by atoms with Crippen LogP contribution in [0.5, 0.6) is 0 Å². The van der Waals surface area contributed by atoms with E-state index >= 15 is 0 Å². The fraction of sp³-hybridized carbons (Fsp3) is 0.625. The van der Waals surface area contributed by atoms with Gasteiger partial charge in [-0.1, -0.05) is 5.11 Å². The highest BCUT2D eigenvalue weighted by molar-refractivity contribution is 5.88. The summed E-state index contributed by atoms with van der Waals surface area (Å²) in [6.45, 7) is -0.311. The van der Waals surface area contributed by atoms with E-state index in [0.717, 1.165) is 6.33 Å². The van der Waals surface area contributed by atoms with Gasteiger partial charge < -0.3 is 25.8 Å². The second kappa shape index (κ2) is 5.03. The second-order valence-corrected chi connectivity index (χ2v) is 4.04. The lowest BCUT2D eigenvalue weighted by Gasteiger charge is -2.25. The van der Waals surface area contributed by atoms with Gasteiger partial charge in [0.25, 0.3) is 11.8 Å². The van der Waals surface area contributed by atoms with Crippen LogP contribution in [0.25, 0.3) is 10.4 Å². The van der Waals surface area contributed by atoms with E-state index in [1.54, 1.807) is 0 Å². The molecule has 0 aromatic carbocycles. The van der Waals surface area contributed by atoms with E-state index in [-0.39, 0.29) is 6.54 Å². The molecule has 1 saturated heterocycles. The van der Waals surface area contributed by atoms with Gasteiger partial charge in [-0.05, 0) is 5.53 Å². The highest BCUT2D eigenvalue weighted by Crippen LogP contribution is 2.32. The van der Waals surface area contributed by atoms with Crippen molar-refractivity contribution in [3.8, 4) is 0 Å². The van der Waals surface area contributed by atoms with Crippen LogP contribution in [0.2, 0.25) is 0 Å². The molecule has 12 nitrogen and oxygen atoms in total. The summed E-state index contributed by atoms with van der Waals surface area (Å²) in [5.74, 6) is -3.79. The maximum Gasteiger partial charge on any atom is 0.300 e. The van der Waals surface area contributed by atoms with Crippen molar-refractivity contribution in [2.24, 2.45) is 10.8 Å². The van der Waals surface area contributed by atoms with Gasteiger partial charge in [0.15, 0.2) is 6.10 Å². The van der Waals surface area contributed by atoms with E-state index in [1.807, 2.05) is 0 Å². The molecule has 0 saturated carbocycles. The molecule has 1 aromatic rings. The summed E-state index contributed by atoms with van der Waals surface area (Å²) >= 11 is 0. The topological polar surface area (TPSA) is 192 Å². The number of nitrogens with two attached hydrogens (primary N) is 1. The predicted octanol–water partition coefficient (Wildman–Crippen LogP) is -2.59. The van der Waals surface area contributed by atoms with Crippen molar-refractivity contribution in [3.63, 3.8) is 0 Å². The molecular weight excluding hydrogens is 274 g/mol. The number of aliphatic hydroxyl groups excluding tert-OH is 2. The molecule has 0 unspecified atom stereocenters. The average molecular weight is 285 g/mol. The first-order valence-electron chi connectivity index (χ1n) is 5.39. The minimum atomic E-state index is -2.45. The molecular formula is C8H11N7O5. The normalized spacial score (nSPS) is 32.9. The van der Waals surface area contributed by atoms with Crippen molar-refractivity contribution in [1.29, 1.82) is 0 Å². The summed E-state index contributed by atoms with van der Waals surface area (Å²) in [6, 6.07) is 0. The van der Waals surface area contributed by atoms with Crippen molar-refractivity contribution in [2.45, 2.75) is 24.2 Å². The Bertz CT molecular complexity index is 569. The van der Waals surface area contributed by atoms with Crippen LogP contribution in [0.15, 0.2) is 11.4 Å². The van der Waals surface area contributed by atoms with Crippen LogP contribution in [-0.2, 0) is 10.6 Å². The van der Waals surface area contributed by atoms with Gasteiger partial charge in [0.2, 0.25) is 5.82 Å². The molecule has 0 bridgehead atoms. The minimum absolute atomic E-state index is 0.311. The molecule has 0 spiro atoms. The Labute approximate surface area is 111 Å². The van der Waals surface area contributed by atoms with Crippen LogP contribution in [0, 0.1) is 0 Å². The molecule has 2 heterocycles. The predicted molar refractivity (Wildman–Crippen MR) is 59.6 cm³/mol. The van der Waals surface area contributed by atoms with Crippen LogP contribution in [0.4, 0.5) is 0 Å². The first-order chi connectivity index (χ1) is 9.40. The maximum atomic E-state index is 10.9. The molecule has 1 aliphatic heterocycles. The molecule has 2 rings (SSSR count). The van der Waals surface area contributed by atoms with Crippen molar-refractivity contribution in [1.82, 2.24) is 14.8 Å². The van der Waals surface area contributed by atoms with Gasteiger partial charge in [0, 0.05) is 4.91 Å². The summed E-state index contributed by atoms with van der Waals surface area (Å²) in [7, 11) is 0. The van der Waals surface area contributed by atoms with Crippen molar-refractivity contribution < 1.29 is 24.9 Å². The zero-order valence-corrected chi connectivity index (χ0v) is 9.94. The zero-order chi connectivity index (χ0) is 14.9. The Morgan fingerprint density at radius 1 is 1.70 bits per heavy atom. The molecule has 1 fully saturated rings. The van der Waals surface area contributed by atoms with E-state index in [1.165, 1.54) is 0 Å². The summed E-state index contributed by atoms with van der Waals surface area (Å²) in [4.78, 5) is 16.9. The summed E-state index contributed by atoms with van der Waals surface area (Å²) in [5, 5.41) is 36.5. The van der Waals surface area contributed by atoms with Gasteiger partial charge in [0.1, 0.15) is 12.4 Å². The number of amides is 1. The third-order valence-corrected chi connectivity index (χ3v) is 2.78. The van der Waals surface area contributed by atoms with Crippen molar-refractivity contribution >= 4 is 5.91 Å². The number of aliphatic hydroxyl groups is 3. The van der Waals surface area contributed by atoms with Crippen LogP contribution in [0.3, 0.4) is 0 Å². The number of ether oxygens (including phenoxy) is 1. The average Bonchev–Trinajstić information content (AvgIpc) is 2.98. The van der Waals surface area contributed by atoms with Gasteiger partial charge in [-0.2, -0.15) is 4.68 Å². The summed E-state index contributed by atoms with van der Waals surface area (Å²) < 4.78 is 5.70. The lowest BCUT2D eigenvalue weighted by molar-refractivity contribution is -0.292. The summed E-state index contributed by atoms with van der Waals surface area (Å²) in [6.07, 6.45) is -3.55. The number of carbonyl (C=O) groups excluding carboxylic acids is 1. The van der Waals surface area contributed by atoms with E-state index in [4.69, 9.17) is 16.0 Å². The van der Waals surface area contributed by atoms with Gasteiger partial charge in [-0.15, -0.1) is 5.10 Å². The molecule has 1 amide bonds. The Morgan fingerprint density at radius 2 is 2.40 bits per heavy atom. The van der Waals surface area contributed by atoms with E-state index in [9.17, 15) is 20.1 Å². The molecule has 108 valence electrons. The van der Waals surface area contributed by atoms with Crippen LogP contribution >= 0.6 is 0 Å². The van der Waals surface area contributed by atoms with E-state index in [2.05, 4.69) is 20.1 Å². The Kier molecular flexibility index (Phi) is 3.57. The molecule has 5 N–H and O–H groups in total. The zero-order valence-electron chi connectivity index (χ0n) is 9.94. The Morgan fingerprint density at radius 3 is 2.95 bits per heavy atom. The monoisotopic (exact) mass is 285 g/mol. The van der Waals surface area contributed by atoms with Crippen LogP contribution in [0.1, 0.15) is 10.6 Å². The lowest BCUT2D eigenvalue weighted by atomic mass is 10.1. The summed E-state index contributed by atoms with van der Waals surface area (Å²) in [5.41, 5.74) is 13.2. The lowest BCUT2D eigenvalue weighted by Crippen LogP contribution is -2.46. The third kappa shape index (κ3) is 2.17. The van der Waals surface area contributed by atoms with Crippen LogP contribution < -0.4 is 5.73 Å². The molecule has 1 aromatic heterocycles. The minimum Gasteiger partial charge on any atom is -0.387 e. The number of primary amides is 1. The van der Waals surface area contributed by atoms with E-state index in [0.29, 0.717) is 4.68 Å². The largest absolute Gasteiger partial charge is 0.387 e. The van der Waals surface area contributed by atoms with Gasteiger partial charge >= 0.3 is 0 Å². The number of nitrogens with zero attached hydrogens (tertiary/aromatic N) is 6. The molecule has 1 aliphatic rings. The van der Waals surface area contributed by atoms with Gasteiger partial charge in [0.05, 0.1) is 12.6 Å². The molecule has 20 heavy (non-hydrogen) atoms. The number of carbonyl (C=O) groups is 1. The molecule has 4 atom stereocenters. The fourth-order valence-electron chi connectivity index (χ4n) is 1.77. The standard InChI is InChI=1S/C8H11N7O5/c9-6(18)7-11-2-15(13-7)8(19)5(17)4(16)3(20-8)1-12-14-10/h2-5,16-17,19H,1H2,(H2,9,18)/t3-,4-,5-,8-/m1/s1. The van der Waals surface area contributed by atoms with Gasteiger partial charge in [-0.3, -0.25) is 4.79 Å². The smallest absolute Gasteiger partial charge is 0.300 e.